The highest BCUT2D eigenvalue weighted by molar-refractivity contribution is 6.05. The van der Waals surface area contributed by atoms with Gasteiger partial charge in [-0.05, 0) is 41.6 Å². The van der Waals surface area contributed by atoms with Crippen molar-refractivity contribution in [3.63, 3.8) is 0 Å². The number of hydrogen-bond donors (Lipinski definition) is 0. The summed E-state index contributed by atoms with van der Waals surface area (Å²) in [5.41, 5.74) is -0.324. The molecular weight excluding hydrogens is 653 g/mol. The number of alkyl halides is 13. The van der Waals surface area contributed by atoms with Gasteiger partial charge in [-0.15, -0.1) is 0 Å². The molecule has 1 saturated heterocycles. The van der Waals surface area contributed by atoms with E-state index >= 15 is 0 Å². The molecular formula is C30H36F13NO2. The fourth-order valence-electron chi connectivity index (χ4n) is 5.73. The van der Waals surface area contributed by atoms with Crippen LogP contribution in [-0.4, -0.2) is 59.0 Å². The zero-order chi connectivity index (χ0) is 36.1. The highest BCUT2D eigenvalue weighted by Gasteiger charge is 2.90. The average molecular weight is 690 g/mol. The Morgan fingerprint density at radius 1 is 0.652 bits per heavy atom. The lowest BCUT2D eigenvalue weighted by atomic mass is 9.66. The van der Waals surface area contributed by atoms with Crippen molar-refractivity contribution in [2.45, 2.75) is 109 Å². The van der Waals surface area contributed by atoms with Gasteiger partial charge >= 0.3 is 35.8 Å². The summed E-state index contributed by atoms with van der Waals surface area (Å²) in [5.74, 6) is -40.6. The molecule has 0 bridgehead atoms. The SMILES string of the molecule is CC(C)(C)C(CC1C(=O)N(CCCCC(F)(F)C(F)(F)C(F)(F)C(F)(F)C(F)(F)C(F)(F)F)C(=O)C1C(C)(C)C)c1ccccc1. The Kier molecular flexibility index (Phi) is 10.8. The van der Waals surface area contributed by atoms with Gasteiger partial charge in [0.15, 0.2) is 0 Å². The molecule has 0 spiro atoms. The Labute approximate surface area is 257 Å². The van der Waals surface area contributed by atoms with Gasteiger partial charge in [0.25, 0.3) is 0 Å². The Balaban J connectivity index is 2.26. The molecule has 0 aliphatic carbocycles. The third kappa shape index (κ3) is 7.00. The second-order valence-electron chi connectivity index (χ2n) is 13.8. The third-order valence-electron chi connectivity index (χ3n) is 8.31. The second-order valence-corrected chi connectivity index (χ2v) is 13.8. The van der Waals surface area contributed by atoms with Crippen LogP contribution in [0.2, 0.25) is 0 Å². The molecule has 1 aromatic rings. The average Bonchev–Trinajstić information content (AvgIpc) is 3.12. The number of likely N-dealkylation sites (tertiary alicyclic amines) is 1. The predicted octanol–water partition coefficient (Wildman–Crippen LogP) is 9.76. The molecule has 0 aromatic heterocycles. The number of hydrogen-bond acceptors (Lipinski definition) is 2. The maximum Gasteiger partial charge on any atom is 0.460 e. The highest BCUT2D eigenvalue weighted by Crippen LogP contribution is 2.61. The summed E-state index contributed by atoms with van der Waals surface area (Å²) in [4.78, 5) is 27.6. The zero-order valence-corrected chi connectivity index (χ0v) is 25.8. The van der Waals surface area contributed by atoms with Crippen molar-refractivity contribution in [3.05, 3.63) is 35.9 Å². The third-order valence-corrected chi connectivity index (χ3v) is 8.31. The summed E-state index contributed by atoms with van der Waals surface area (Å²) in [6.45, 7) is 10.2. The van der Waals surface area contributed by atoms with Crippen LogP contribution in [0.3, 0.4) is 0 Å². The number of amides is 2. The molecule has 3 unspecified atom stereocenters. The maximum absolute atomic E-state index is 14.2. The molecule has 16 heteroatoms. The van der Waals surface area contributed by atoms with Crippen LogP contribution in [0.25, 0.3) is 0 Å². The number of unbranched alkanes of at least 4 members (excludes halogenated alkanes) is 1. The molecule has 0 radical (unpaired) electrons. The van der Waals surface area contributed by atoms with Crippen molar-refractivity contribution in [3.8, 4) is 0 Å². The maximum atomic E-state index is 14.2. The van der Waals surface area contributed by atoms with Gasteiger partial charge in [0, 0.05) is 13.0 Å². The minimum absolute atomic E-state index is 0.187. The van der Waals surface area contributed by atoms with Crippen LogP contribution in [0.1, 0.15) is 78.7 Å². The van der Waals surface area contributed by atoms with Crippen molar-refractivity contribution < 1.29 is 66.7 Å². The summed E-state index contributed by atoms with van der Waals surface area (Å²) < 4.78 is 174. The van der Waals surface area contributed by atoms with Gasteiger partial charge in [-0.25, -0.2) is 0 Å². The topological polar surface area (TPSA) is 37.4 Å². The fourth-order valence-corrected chi connectivity index (χ4v) is 5.73. The molecule has 1 aromatic carbocycles. The van der Waals surface area contributed by atoms with E-state index in [9.17, 15) is 66.7 Å². The molecule has 1 heterocycles. The first-order valence-corrected chi connectivity index (χ1v) is 14.2. The summed E-state index contributed by atoms with van der Waals surface area (Å²) in [5, 5.41) is 0. The van der Waals surface area contributed by atoms with Gasteiger partial charge in [-0.3, -0.25) is 14.5 Å². The summed E-state index contributed by atoms with van der Waals surface area (Å²) >= 11 is 0. The van der Waals surface area contributed by atoms with E-state index in [0.717, 1.165) is 5.56 Å². The van der Waals surface area contributed by atoms with Crippen LogP contribution in [0.15, 0.2) is 30.3 Å². The van der Waals surface area contributed by atoms with E-state index in [1.165, 1.54) is 0 Å². The van der Waals surface area contributed by atoms with E-state index in [-0.39, 0.29) is 12.3 Å². The Morgan fingerprint density at radius 2 is 1.13 bits per heavy atom. The molecule has 264 valence electrons. The molecule has 46 heavy (non-hydrogen) atoms. The lowest BCUT2D eigenvalue weighted by Gasteiger charge is -2.39. The smallest absolute Gasteiger partial charge is 0.282 e. The van der Waals surface area contributed by atoms with E-state index in [1.807, 2.05) is 32.9 Å². The van der Waals surface area contributed by atoms with Crippen LogP contribution in [-0.2, 0) is 9.59 Å². The summed E-state index contributed by atoms with van der Waals surface area (Å²) in [7, 11) is 0. The van der Waals surface area contributed by atoms with Gasteiger partial charge in [-0.1, -0.05) is 71.9 Å². The first-order valence-electron chi connectivity index (χ1n) is 14.2. The normalized spacial score (nSPS) is 20.5. The Bertz CT molecular complexity index is 1230. The zero-order valence-electron chi connectivity index (χ0n) is 25.8. The number of nitrogens with zero attached hydrogens (tertiary/aromatic N) is 1. The molecule has 3 nitrogen and oxygen atoms in total. The molecule has 2 rings (SSSR count). The monoisotopic (exact) mass is 689 g/mol. The summed E-state index contributed by atoms with van der Waals surface area (Å²) in [6, 6.07) is 9.07. The molecule has 1 aliphatic heterocycles. The molecule has 2 amide bonds. The first-order chi connectivity index (χ1) is 20.4. The van der Waals surface area contributed by atoms with Crippen molar-refractivity contribution in [1.29, 1.82) is 0 Å². The van der Waals surface area contributed by atoms with E-state index in [4.69, 9.17) is 0 Å². The van der Waals surface area contributed by atoms with Crippen LogP contribution in [0, 0.1) is 22.7 Å². The number of imide groups is 1. The summed E-state index contributed by atoms with van der Waals surface area (Å²) in [6.07, 6.45) is -11.6. The molecule has 1 fully saturated rings. The molecule has 0 N–H and O–H groups in total. The largest absolute Gasteiger partial charge is 0.460 e. The van der Waals surface area contributed by atoms with Crippen molar-refractivity contribution in [1.82, 2.24) is 4.90 Å². The lowest BCUT2D eigenvalue weighted by molar-refractivity contribution is -0.440. The van der Waals surface area contributed by atoms with Crippen LogP contribution < -0.4 is 0 Å². The van der Waals surface area contributed by atoms with E-state index in [1.54, 1.807) is 39.0 Å². The van der Waals surface area contributed by atoms with Crippen LogP contribution in [0.5, 0.6) is 0 Å². The lowest BCUT2D eigenvalue weighted by Crippen LogP contribution is -2.70. The van der Waals surface area contributed by atoms with Crippen molar-refractivity contribution in [2.24, 2.45) is 22.7 Å². The molecule has 1 aliphatic rings. The number of benzene rings is 1. The second kappa shape index (κ2) is 12.5. The Morgan fingerprint density at radius 3 is 1.57 bits per heavy atom. The van der Waals surface area contributed by atoms with Crippen LogP contribution in [0.4, 0.5) is 57.1 Å². The van der Waals surface area contributed by atoms with E-state index in [0.29, 0.717) is 4.90 Å². The predicted molar refractivity (Wildman–Crippen MR) is 141 cm³/mol. The quantitative estimate of drug-likeness (QED) is 0.125. The van der Waals surface area contributed by atoms with Crippen molar-refractivity contribution >= 4 is 11.8 Å². The number of carbonyl (C=O) groups is 2. The number of carbonyl (C=O) groups excluding carboxylic acids is 2. The Hall–Kier alpha value is -2.55. The fraction of sp³-hybridized carbons (Fsp3) is 0.733. The van der Waals surface area contributed by atoms with Gasteiger partial charge < -0.3 is 0 Å². The molecule has 0 saturated carbocycles. The number of rotatable bonds is 12. The minimum atomic E-state index is -7.96. The van der Waals surface area contributed by atoms with E-state index in [2.05, 4.69) is 0 Å². The minimum Gasteiger partial charge on any atom is -0.282 e. The van der Waals surface area contributed by atoms with Gasteiger partial charge in [0.05, 0.1) is 11.8 Å². The standard InChI is InChI=1S/C30H36F13NO2/c1-23(2,3)19(17-12-8-7-9-13-17)16-18-20(24(4,5)6)22(46)44(21(18)45)15-11-10-14-25(31,32)26(33,34)27(35,36)28(37,38)29(39,40)30(41,42)43/h7-9,12-13,18-20H,10-11,14-16H2,1-6H3. The van der Waals surface area contributed by atoms with Gasteiger partial charge in [0.1, 0.15) is 0 Å². The van der Waals surface area contributed by atoms with Gasteiger partial charge in [0.2, 0.25) is 11.8 Å². The first kappa shape index (κ1) is 39.6. The molecule has 3 atom stereocenters. The number of halogens is 13. The van der Waals surface area contributed by atoms with Crippen LogP contribution >= 0.6 is 0 Å². The van der Waals surface area contributed by atoms with E-state index < -0.39 is 96.1 Å². The van der Waals surface area contributed by atoms with Crippen molar-refractivity contribution in [2.75, 3.05) is 6.54 Å². The van der Waals surface area contributed by atoms with Gasteiger partial charge in [-0.2, -0.15) is 57.1 Å². The highest BCUT2D eigenvalue weighted by atomic mass is 19.4.